The second-order valence-corrected chi connectivity index (χ2v) is 5.99. The van der Waals surface area contributed by atoms with Gasteiger partial charge in [0.15, 0.2) is 0 Å². The molecule has 0 spiro atoms. The van der Waals surface area contributed by atoms with E-state index in [2.05, 4.69) is 18.9 Å². The van der Waals surface area contributed by atoms with Gasteiger partial charge in [0.1, 0.15) is 10.9 Å². The molecule has 3 nitrogen and oxygen atoms in total. The Balaban J connectivity index is 2.51. The largest absolute Gasteiger partial charge is 0.298 e. The minimum absolute atomic E-state index is 0.216. The summed E-state index contributed by atoms with van der Waals surface area (Å²) in [6.07, 6.45) is 0.392. The van der Waals surface area contributed by atoms with E-state index in [9.17, 15) is 4.79 Å². The third-order valence-electron chi connectivity index (χ3n) is 2.36. The third kappa shape index (κ3) is 4.36. The van der Waals surface area contributed by atoms with Crippen LogP contribution in [-0.2, 0) is 18.3 Å². The summed E-state index contributed by atoms with van der Waals surface area (Å²) >= 11 is 7.77. The lowest BCUT2D eigenvalue weighted by Gasteiger charge is -2.04. The first-order chi connectivity index (χ1) is 7.91. The average molecular weight is 275 g/mol. The summed E-state index contributed by atoms with van der Waals surface area (Å²) in [6, 6.07) is 0. The Labute approximate surface area is 112 Å². The highest BCUT2D eigenvalue weighted by molar-refractivity contribution is 7.99. The highest BCUT2D eigenvalue weighted by Gasteiger charge is 2.14. The molecule has 0 aliphatic rings. The first-order valence-electron chi connectivity index (χ1n) is 5.69. The van der Waals surface area contributed by atoms with Crippen molar-refractivity contribution in [2.24, 2.45) is 13.0 Å². The Morgan fingerprint density at radius 1 is 1.53 bits per heavy atom. The highest BCUT2D eigenvalue weighted by Crippen LogP contribution is 2.20. The van der Waals surface area contributed by atoms with Crippen LogP contribution in [0.4, 0.5) is 0 Å². The fraction of sp³-hybridized carbons (Fsp3) is 0.667. The molecular formula is C12H19ClN2OS. The Morgan fingerprint density at radius 2 is 2.18 bits per heavy atom. The molecule has 1 aromatic rings. The Hall–Kier alpha value is -0.480. The van der Waals surface area contributed by atoms with E-state index < -0.39 is 0 Å². The predicted octanol–water partition coefficient (Wildman–Crippen LogP) is 2.88. The van der Waals surface area contributed by atoms with Crippen LogP contribution in [0.5, 0.6) is 0 Å². The van der Waals surface area contributed by atoms with Crippen molar-refractivity contribution in [3.63, 3.8) is 0 Å². The van der Waals surface area contributed by atoms with Gasteiger partial charge in [-0.05, 0) is 18.6 Å². The number of nitrogens with zero attached hydrogens (tertiary/aromatic N) is 2. The smallest absolute Gasteiger partial charge is 0.147 e. The van der Waals surface area contributed by atoms with E-state index in [-0.39, 0.29) is 5.78 Å². The Bertz CT molecular complexity index is 401. The molecule has 0 aliphatic heterocycles. The zero-order valence-corrected chi connectivity index (χ0v) is 12.4. The van der Waals surface area contributed by atoms with Crippen LogP contribution in [0.2, 0.25) is 5.15 Å². The summed E-state index contributed by atoms with van der Waals surface area (Å²) in [7, 11) is 1.79. The van der Waals surface area contributed by atoms with Gasteiger partial charge in [0.2, 0.25) is 0 Å². The Morgan fingerprint density at radius 3 is 2.65 bits per heavy atom. The summed E-state index contributed by atoms with van der Waals surface area (Å²) in [5.74, 6) is 2.42. The number of thioether (sulfide) groups is 1. The van der Waals surface area contributed by atoms with Crippen molar-refractivity contribution in [1.82, 2.24) is 9.78 Å². The summed E-state index contributed by atoms with van der Waals surface area (Å²) < 4.78 is 1.61. The van der Waals surface area contributed by atoms with Crippen LogP contribution in [0.15, 0.2) is 0 Å². The second-order valence-electron chi connectivity index (χ2n) is 4.60. The first kappa shape index (κ1) is 14.6. The molecule has 5 heteroatoms. The molecule has 0 amide bonds. The zero-order chi connectivity index (χ0) is 13.0. The lowest BCUT2D eigenvalue weighted by Crippen LogP contribution is -2.08. The topological polar surface area (TPSA) is 34.9 Å². The van der Waals surface area contributed by atoms with Gasteiger partial charge >= 0.3 is 0 Å². The predicted molar refractivity (Wildman–Crippen MR) is 73.8 cm³/mol. The highest BCUT2D eigenvalue weighted by atomic mass is 35.5. The van der Waals surface area contributed by atoms with E-state index in [1.54, 1.807) is 23.5 Å². The minimum Gasteiger partial charge on any atom is -0.298 e. The van der Waals surface area contributed by atoms with Crippen molar-refractivity contribution >= 4 is 29.1 Å². The number of aromatic nitrogens is 2. The van der Waals surface area contributed by atoms with Gasteiger partial charge in [-0.1, -0.05) is 25.4 Å². The maximum atomic E-state index is 11.8. The van der Waals surface area contributed by atoms with Crippen molar-refractivity contribution in [3.8, 4) is 0 Å². The Kier molecular flexibility index (Phi) is 5.53. The minimum atomic E-state index is 0.216. The molecule has 0 atom stereocenters. The van der Waals surface area contributed by atoms with Gasteiger partial charge in [-0.25, -0.2) is 0 Å². The van der Waals surface area contributed by atoms with Crippen molar-refractivity contribution in [1.29, 1.82) is 0 Å². The third-order valence-corrected chi connectivity index (χ3v) is 4.26. The molecule has 0 fully saturated rings. The maximum absolute atomic E-state index is 11.8. The summed E-state index contributed by atoms with van der Waals surface area (Å²) in [5, 5.41) is 4.77. The second kappa shape index (κ2) is 6.45. The number of aryl methyl sites for hydroxylation is 2. The maximum Gasteiger partial charge on any atom is 0.147 e. The van der Waals surface area contributed by atoms with Crippen LogP contribution < -0.4 is 0 Å². The number of hydrogen-bond acceptors (Lipinski definition) is 3. The summed E-state index contributed by atoms with van der Waals surface area (Å²) in [5.41, 5.74) is 1.71. The van der Waals surface area contributed by atoms with Crippen LogP contribution in [0.1, 0.15) is 25.1 Å². The van der Waals surface area contributed by atoms with Crippen molar-refractivity contribution in [2.45, 2.75) is 27.2 Å². The molecule has 0 aromatic carbocycles. The molecule has 0 unspecified atom stereocenters. The van der Waals surface area contributed by atoms with Crippen molar-refractivity contribution in [2.75, 3.05) is 11.5 Å². The van der Waals surface area contributed by atoms with E-state index >= 15 is 0 Å². The van der Waals surface area contributed by atoms with Gasteiger partial charge in [0.05, 0.1) is 11.4 Å². The van der Waals surface area contributed by atoms with Gasteiger partial charge in [-0.15, -0.1) is 0 Å². The van der Waals surface area contributed by atoms with Crippen molar-refractivity contribution in [3.05, 3.63) is 16.4 Å². The van der Waals surface area contributed by atoms with Gasteiger partial charge in [-0.2, -0.15) is 16.9 Å². The molecule has 0 radical (unpaired) electrons. The molecule has 0 bridgehead atoms. The number of ketones is 1. The molecule has 0 saturated carbocycles. The van der Waals surface area contributed by atoms with Crippen LogP contribution in [0.25, 0.3) is 0 Å². The fourth-order valence-corrected chi connectivity index (χ4v) is 2.69. The molecular weight excluding hydrogens is 256 g/mol. The molecule has 1 rings (SSSR count). The zero-order valence-electron chi connectivity index (χ0n) is 10.8. The van der Waals surface area contributed by atoms with E-state index in [0.29, 0.717) is 23.2 Å². The lowest BCUT2D eigenvalue weighted by atomic mass is 10.1. The molecule has 1 aromatic heterocycles. The molecule has 0 N–H and O–H groups in total. The van der Waals surface area contributed by atoms with Gasteiger partial charge in [-0.3, -0.25) is 9.48 Å². The lowest BCUT2D eigenvalue weighted by molar-refractivity contribution is -0.116. The molecule has 1 heterocycles. The molecule has 96 valence electrons. The number of rotatable bonds is 6. The van der Waals surface area contributed by atoms with Crippen LogP contribution >= 0.6 is 23.4 Å². The normalized spacial score (nSPS) is 11.2. The summed E-state index contributed by atoms with van der Waals surface area (Å²) in [4.78, 5) is 11.8. The van der Waals surface area contributed by atoms with Crippen LogP contribution in [0.3, 0.4) is 0 Å². The van der Waals surface area contributed by atoms with Crippen LogP contribution in [-0.4, -0.2) is 27.1 Å². The SMILES string of the molecule is Cc1nn(C)c(Cl)c1CC(=O)CSCC(C)C. The van der Waals surface area contributed by atoms with Gasteiger partial charge < -0.3 is 0 Å². The monoisotopic (exact) mass is 274 g/mol. The van der Waals surface area contributed by atoms with Gasteiger partial charge in [0.25, 0.3) is 0 Å². The van der Waals surface area contributed by atoms with Crippen LogP contribution in [0, 0.1) is 12.8 Å². The first-order valence-corrected chi connectivity index (χ1v) is 7.22. The van der Waals surface area contributed by atoms with E-state index in [4.69, 9.17) is 11.6 Å². The van der Waals surface area contributed by atoms with Crippen molar-refractivity contribution < 1.29 is 4.79 Å². The fourth-order valence-electron chi connectivity index (χ4n) is 1.53. The molecule has 0 aliphatic carbocycles. The van der Waals surface area contributed by atoms with E-state index in [1.165, 1.54) is 0 Å². The quantitative estimate of drug-likeness (QED) is 0.800. The number of hydrogen-bond donors (Lipinski definition) is 0. The van der Waals surface area contributed by atoms with E-state index in [0.717, 1.165) is 17.0 Å². The van der Waals surface area contributed by atoms with Gasteiger partial charge in [0, 0.05) is 19.0 Å². The summed E-state index contributed by atoms with van der Waals surface area (Å²) in [6.45, 7) is 6.19. The average Bonchev–Trinajstić information content (AvgIpc) is 2.44. The number of Topliss-reactive ketones (excluding diaryl/α,β-unsaturated/α-hetero) is 1. The van der Waals surface area contributed by atoms with E-state index in [1.807, 2.05) is 6.92 Å². The number of carbonyl (C=O) groups is 1. The number of carbonyl (C=O) groups excluding carboxylic acids is 1. The molecule has 0 saturated heterocycles. The standard InChI is InChI=1S/C12H19ClN2OS/c1-8(2)6-17-7-10(16)5-11-9(3)14-15(4)12(11)13/h8H,5-7H2,1-4H3. The molecule has 17 heavy (non-hydrogen) atoms. The number of halogens is 1.